The second kappa shape index (κ2) is 7.85. The second-order valence-corrected chi connectivity index (χ2v) is 11.9. The molecular formula is C25H33BrO6. The first-order valence-electron chi connectivity index (χ1n) is 12.0. The van der Waals surface area contributed by atoms with Gasteiger partial charge in [0, 0.05) is 31.6 Å². The summed E-state index contributed by atoms with van der Waals surface area (Å²) in [6.07, 6.45) is 6.69. The molecular weight excluding hydrogens is 476 g/mol. The second-order valence-electron chi connectivity index (χ2n) is 10.9. The first-order valence-corrected chi connectivity index (χ1v) is 12.9. The van der Waals surface area contributed by atoms with Crippen LogP contribution in [0.3, 0.4) is 0 Å². The summed E-state index contributed by atoms with van der Waals surface area (Å²) in [7, 11) is 0. The highest BCUT2D eigenvalue weighted by Crippen LogP contribution is 2.69. The molecule has 5 aliphatic rings. The third-order valence-corrected chi connectivity index (χ3v) is 10.6. The van der Waals surface area contributed by atoms with Gasteiger partial charge in [-0.3, -0.25) is 14.4 Å². The lowest BCUT2D eigenvalue weighted by molar-refractivity contribution is -0.149. The van der Waals surface area contributed by atoms with Crippen molar-refractivity contribution in [2.24, 2.45) is 34.5 Å². The van der Waals surface area contributed by atoms with E-state index in [2.05, 4.69) is 22.9 Å². The number of halogens is 1. The van der Waals surface area contributed by atoms with Crippen LogP contribution in [-0.4, -0.2) is 41.9 Å². The molecule has 0 N–H and O–H groups in total. The highest BCUT2D eigenvalue weighted by Gasteiger charge is 2.65. The van der Waals surface area contributed by atoms with Gasteiger partial charge in [-0.15, -0.1) is 0 Å². The van der Waals surface area contributed by atoms with Gasteiger partial charge in [-0.05, 0) is 67.3 Å². The fraction of sp³-hybridized carbons (Fsp3) is 0.800. The summed E-state index contributed by atoms with van der Waals surface area (Å²) >= 11 is 3.88. The summed E-state index contributed by atoms with van der Waals surface area (Å²) < 4.78 is 17.0. The van der Waals surface area contributed by atoms with Crippen molar-refractivity contribution < 1.29 is 28.6 Å². The number of hydrogen-bond donors (Lipinski definition) is 0. The van der Waals surface area contributed by atoms with Crippen LogP contribution < -0.4 is 0 Å². The number of esters is 2. The SMILES string of the molecule is CC(=O)OCC(=O)C1CCC2C3CC4=C5[C@H](Br)[C@@H](OC(C)=O)CC[C@]5(CO4)C3CC[C@]12C. The van der Waals surface area contributed by atoms with E-state index in [9.17, 15) is 14.4 Å². The number of allylic oxidation sites excluding steroid dienone is 1. The molecule has 3 saturated carbocycles. The molecule has 4 aliphatic carbocycles. The Balaban J connectivity index is 1.41. The highest BCUT2D eigenvalue weighted by molar-refractivity contribution is 9.09. The van der Waals surface area contributed by atoms with Crippen LogP contribution in [0.4, 0.5) is 0 Å². The van der Waals surface area contributed by atoms with E-state index in [1.54, 1.807) is 0 Å². The predicted octanol–water partition coefficient (Wildman–Crippen LogP) is 4.34. The van der Waals surface area contributed by atoms with Crippen molar-refractivity contribution in [2.45, 2.75) is 76.6 Å². The number of Topliss-reactive ketones (excluding diaryl/α,β-unsaturated/α-hetero) is 1. The number of ether oxygens (including phenoxy) is 3. The molecule has 8 atom stereocenters. The maximum absolute atomic E-state index is 12.9. The van der Waals surface area contributed by atoms with Crippen LogP contribution in [0.2, 0.25) is 0 Å². The fourth-order valence-electron chi connectivity index (χ4n) is 8.28. The van der Waals surface area contributed by atoms with Crippen LogP contribution in [0.25, 0.3) is 0 Å². The predicted molar refractivity (Wildman–Crippen MR) is 120 cm³/mol. The Bertz CT molecular complexity index is 882. The van der Waals surface area contributed by atoms with E-state index < -0.39 is 5.97 Å². The summed E-state index contributed by atoms with van der Waals surface area (Å²) in [5.74, 6) is 2.09. The lowest BCUT2D eigenvalue weighted by atomic mass is 9.47. The van der Waals surface area contributed by atoms with E-state index >= 15 is 0 Å². The summed E-state index contributed by atoms with van der Waals surface area (Å²) in [4.78, 5) is 35.8. The van der Waals surface area contributed by atoms with Crippen LogP contribution in [0, 0.1) is 34.5 Å². The average Bonchev–Trinajstić information content (AvgIpc) is 3.23. The number of carbonyl (C=O) groups is 3. The third kappa shape index (κ3) is 3.20. The zero-order chi connectivity index (χ0) is 22.8. The Morgan fingerprint density at radius 2 is 1.84 bits per heavy atom. The van der Waals surface area contributed by atoms with Crippen LogP contribution in [0.15, 0.2) is 11.3 Å². The largest absolute Gasteiger partial charge is 0.497 e. The molecule has 32 heavy (non-hydrogen) atoms. The topological polar surface area (TPSA) is 78.9 Å². The van der Waals surface area contributed by atoms with Gasteiger partial charge >= 0.3 is 11.9 Å². The van der Waals surface area contributed by atoms with Gasteiger partial charge in [-0.25, -0.2) is 0 Å². The van der Waals surface area contributed by atoms with E-state index in [0.717, 1.165) is 57.3 Å². The molecule has 1 heterocycles. The van der Waals surface area contributed by atoms with Crippen molar-refractivity contribution in [1.82, 2.24) is 0 Å². The van der Waals surface area contributed by atoms with Crippen molar-refractivity contribution in [1.29, 1.82) is 0 Å². The summed E-state index contributed by atoms with van der Waals surface area (Å²) in [5.41, 5.74) is 1.35. The Kier molecular flexibility index (Phi) is 5.50. The molecule has 0 aromatic carbocycles. The molecule has 5 rings (SSSR count). The smallest absolute Gasteiger partial charge is 0.303 e. The minimum Gasteiger partial charge on any atom is -0.497 e. The van der Waals surface area contributed by atoms with Gasteiger partial charge in [0.2, 0.25) is 0 Å². The van der Waals surface area contributed by atoms with Crippen LogP contribution in [0.5, 0.6) is 0 Å². The number of carbonyl (C=O) groups excluding carboxylic acids is 3. The molecule has 7 heteroatoms. The van der Waals surface area contributed by atoms with Crippen LogP contribution in [0.1, 0.15) is 65.7 Å². The van der Waals surface area contributed by atoms with E-state index in [0.29, 0.717) is 17.8 Å². The quantitative estimate of drug-likeness (QED) is 0.415. The van der Waals surface area contributed by atoms with E-state index in [1.807, 2.05) is 0 Å². The van der Waals surface area contributed by atoms with Crippen molar-refractivity contribution >= 4 is 33.7 Å². The zero-order valence-electron chi connectivity index (χ0n) is 19.2. The first-order chi connectivity index (χ1) is 15.2. The fourth-order valence-corrected chi connectivity index (χ4v) is 9.37. The monoisotopic (exact) mass is 508 g/mol. The summed E-state index contributed by atoms with van der Waals surface area (Å²) in [6.45, 7) is 5.78. The molecule has 4 unspecified atom stereocenters. The molecule has 0 aromatic rings. The Labute approximate surface area is 197 Å². The van der Waals surface area contributed by atoms with Crippen molar-refractivity contribution in [3.63, 3.8) is 0 Å². The molecule has 6 nitrogen and oxygen atoms in total. The molecule has 0 amide bonds. The number of fused-ring (bicyclic) bond motifs is 3. The number of rotatable bonds is 4. The number of alkyl halides is 1. The lowest BCUT2D eigenvalue weighted by Gasteiger charge is -2.57. The third-order valence-electron chi connectivity index (χ3n) is 9.51. The standard InChI is InChI=1S/C25H33BrO6/c1-13(27)30-11-19(29)18-5-4-16-15-10-21-22-23(26)20(32-14(2)28)7-9-25(22,12-31-21)17(15)6-8-24(16,18)3/h15-18,20,23H,4-12H2,1-3H3/t15?,16?,17?,18?,20-,23+,24-,25-/m0/s1. The van der Waals surface area contributed by atoms with Crippen molar-refractivity contribution in [3.05, 3.63) is 11.3 Å². The van der Waals surface area contributed by atoms with Gasteiger partial charge in [0.1, 0.15) is 12.7 Å². The Morgan fingerprint density at radius 1 is 1.06 bits per heavy atom. The van der Waals surface area contributed by atoms with Crippen LogP contribution in [-0.2, 0) is 28.6 Å². The zero-order valence-corrected chi connectivity index (χ0v) is 20.7. The minimum absolute atomic E-state index is 0.0218. The summed E-state index contributed by atoms with van der Waals surface area (Å²) in [5, 5.41) is 0. The average molecular weight is 509 g/mol. The van der Waals surface area contributed by atoms with Crippen LogP contribution >= 0.6 is 15.9 Å². The molecule has 176 valence electrons. The van der Waals surface area contributed by atoms with E-state index in [-0.39, 0.29) is 46.0 Å². The first kappa shape index (κ1) is 22.4. The molecule has 0 aromatic heterocycles. The van der Waals surface area contributed by atoms with Crippen molar-refractivity contribution in [2.75, 3.05) is 13.2 Å². The van der Waals surface area contributed by atoms with E-state index in [1.165, 1.54) is 19.4 Å². The molecule has 3 fully saturated rings. The van der Waals surface area contributed by atoms with Gasteiger partial charge in [-0.2, -0.15) is 0 Å². The Hall–Kier alpha value is -1.37. The van der Waals surface area contributed by atoms with Gasteiger partial charge in [0.05, 0.1) is 17.2 Å². The lowest BCUT2D eigenvalue weighted by Crippen LogP contribution is -2.54. The Morgan fingerprint density at radius 3 is 2.56 bits per heavy atom. The van der Waals surface area contributed by atoms with E-state index in [4.69, 9.17) is 14.2 Å². The van der Waals surface area contributed by atoms with Crippen molar-refractivity contribution in [3.8, 4) is 0 Å². The molecule has 0 spiro atoms. The van der Waals surface area contributed by atoms with Gasteiger partial charge in [0.25, 0.3) is 0 Å². The number of hydrogen-bond acceptors (Lipinski definition) is 6. The minimum atomic E-state index is -0.394. The highest BCUT2D eigenvalue weighted by atomic mass is 79.9. The number of ketones is 1. The maximum atomic E-state index is 12.9. The van der Waals surface area contributed by atoms with Gasteiger partial charge in [-0.1, -0.05) is 22.9 Å². The van der Waals surface area contributed by atoms with Gasteiger partial charge < -0.3 is 14.2 Å². The maximum Gasteiger partial charge on any atom is 0.303 e. The summed E-state index contributed by atoms with van der Waals surface area (Å²) in [6, 6.07) is 0. The molecule has 2 bridgehead atoms. The molecule has 0 radical (unpaired) electrons. The molecule has 0 saturated heterocycles. The normalized spacial score (nSPS) is 44.1. The van der Waals surface area contributed by atoms with Gasteiger partial charge in [0.15, 0.2) is 5.78 Å². The molecule has 1 aliphatic heterocycles.